The number of nitrogens with one attached hydrogen (secondary N) is 3. The molecule has 0 bridgehead atoms. The molecule has 0 unspecified atom stereocenters. The zero-order valence-electron chi connectivity index (χ0n) is 15.6. The molecule has 3 N–H and O–H groups in total. The molecule has 3 aromatic rings. The van der Waals surface area contributed by atoms with Crippen LogP contribution < -0.4 is 16.0 Å². The van der Waals surface area contributed by atoms with Gasteiger partial charge in [-0.15, -0.1) is 0 Å². The van der Waals surface area contributed by atoms with Crippen LogP contribution in [0.25, 0.3) is 0 Å². The van der Waals surface area contributed by atoms with Gasteiger partial charge in [0.2, 0.25) is 0 Å². The zero-order chi connectivity index (χ0) is 21.3. The molecule has 0 atom stereocenters. The maximum Gasteiger partial charge on any atom is 0.319 e. The third kappa shape index (κ3) is 6.56. The van der Waals surface area contributed by atoms with Gasteiger partial charge < -0.3 is 16.0 Å². The molecule has 0 fully saturated rings. The van der Waals surface area contributed by atoms with Crippen LogP contribution in [0.5, 0.6) is 0 Å². The predicted molar refractivity (Wildman–Crippen MR) is 113 cm³/mol. The van der Waals surface area contributed by atoms with Crippen LogP contribution in [-0.4, -0.2) is 22.7 Å². The van der Waals surface area contributed by atoms with E-state index in [9.17, 15) is 18.4 Å². The number of hydrogen-bond donors (Lipinski definition) is 3. The summed E-state index contributed by atoms with van der Waals surface area (Å²) >= 11 is 0.419. The molecule has 0 spiro atoms. The standard InChI is InChI=1S/C21H18F2N4O2S/c22-20(23)30-18-6-4-15(5-7-18)19(28)26-16-2-1-3-17(12-16)27-21(29)25-13-14-8-10-24-11-9-14/h1-12,20H,13H2,(H,26,28)(H2,25,27,29). The first-order valence-electron chi connectivity index (χ1n) is 8.89. The van der Waals surface area contributed by atoms with Crippen LogP contribution in [0, 0.1) is 0 Å². The number of carbonyl (C=O) groups is 2. The highest BCUT2D eigenvalue weighted by Crippen LogP contribution is 2.25. The third-order valence-electron chi connectivity index (χ3n) is 3.92. The van der Waals surface area contributed by atoms with Gasteiger partial charge in [0.15, 0.2) is 0 Å². The van der Waals surface area contributed by atoms with Crippen molar-refractivity contribution in [1.82, 2.24) is 10.3 Å². The first-order chi connectivity index (χ1) is 14.5. The van der Waals surface area contributed by atoms with E-state index in [2.05, 4.69) is 20.9 Å². The first-order valence-corrected chi connectivity index (χ1v) is 9.77. The average molecular weight is 428 g/mol. The van der Waals surface area contributed by atoms with Crippen molar-refractivity contribution in [2.75, 3.05) is 10.6 Å². The van der Waals surface area contributed by atoms with E-state index in [-0.39, 0.29) is 11.9 Å². The molecule has 2 aromatic carbocycles. The van der Waals surface area contributed by atoms with Crippen molar-refractivity contribution >= 4 is 35.1 Å². The van der Waals surface area contributed by atoms with E-state index in [0.717, 1.165) is 5.56 Å². The monoisotopic (exact) mass is 428 g/mol. The van der Waals surface area contributed by atoms with Gasteiger partial charge in [0.05, 0.1) is 0 Å². The van der Waals surface area contributed by atoms with Crippen molar-refractivity contribution in [1.29, 1.82) is 0 Å². The van der Waals surface area contributed by atoms with Crippen LogP contribution >= 0.6 is 11.8 Å². The predicted octanol–water partition coefficient (Wildman–Crippen LogP) is 4.97. The van der Waals surface area contributed by atoms with Crippen molar-refractivity contribution in [2.24, 2.45) is 0 Å². The summed E-state index contributed by atoms with van der Waals surface area (Å²) in [6, 6.07) is 15.8. The Kier molecular flexibility index (Phi) is 7.34. The Balaban J connectivity index is 1.55. The van der Waals surface area contributed by atoms with Gasteiger partial charge in [-0.05, 0) is 60.2 Å². The fraction of sp³-hybridized carbons (Fsp3) is 0.0952. The Bertz CT molecular complexity index is 1000. The summed E-state index contributed by atoms with van der Waals surface area (Å²) in [6.45, 7) is 0.352. The summed E-state index contributed by atoms with van der Waals surface area (Å²) < 4.78 is 24.8. The Morgan fingerprint density at radius 3 is 2.27 bits per heavy atom. The topological polar surface area (TPSA) is 83.1 Å². The lowest BCUT2D eigenvalue weighted by Gasteiger charge is -2.10. The van der Waals surface area contributed by atoms with Gasteiger partial charge in [-0.2, -0.15) is 8.78 Å². The third-order valence-corrected chi connectivity index (χ3v) is 4.64. The van der Waals surface area contributed by atoms with Crippen LogP contribution in [0.2, 0.25) is 0 Å². The molecule has 0 aliphatic heterocycles. The van der Waals surface area contributed by atoms with Gasteiger partial charge in [0.25, 0.3) is 11.7 Å². The summed E-state index contributed by atoms with van der Waals surface area (Å²) in [4.78, 5) is 28.7. The molecule has 6 nitrogen and oxygen atoms in total. The second kappa shape index (κ2) is 10.4. The number of rotatable bonds is 7. The lowest BCUT2D eigenvalue weighted by Crippen LogP contribution is -2.28. The van der Waals surface area contributed by atoms with Crippen LogP contribution in [-0.2, 0) is 6.54 Å². The Morgan fingerprint density at radius 2 is 1.60 bits per heavy atom. The Morgan fingerprint density at radius 1 is 0.933 bits per heavy atom. The lowest BCUT2D eigenvalue weighted by molar-refractivity contribution is 0.102. The quantitative estimate of drug-likeness (QED) is 0.464. The molecule has 0 radical (unpaired) electrons. The van der Waals surface area contributed by atoms with Crippen molar-refractivity contribution in [3.8, 4) is 0 Å². The number of amides is 3. The minimum absolute atomic E-state index is 0.335. The van der Waals surface area contributed by atoms with E-state index in [1.54, 1.807) is 48.8 Å². The number of benzene rings is 2. The number of hydrogen-bond acceptors (Lipinski definition) is 4. The van der Waals surface area contributed by atoms with Gasteiger partial charge >= 0.3 is 6.03 Å². The average Bonchev–Trinajstić information content (AvgIpc) is 2.73. The molecule has 3 amide bonds. The summed E-state index contributed by atoms with van der Waals surface area (Å²) in [5, 5.41) is 8.15. The normalized spacial score (nSPS) is 10.5. The molecule has 1 aromatic heterocycles. The van der Waals surface area contributed by atoms with E-state index in [4.69, 9.17) is 0 Å². The summed E-state index contributed by atoms with van der Waals surface area (Å²) in [7, 11) is 0. The van der Waals surface area contributed by atoms with E-state index in [0.29, 0.717) is 40.1 Å². The van der Waals surface area contributed by atoms with Crippen molar-refractivity contribution in [3.63, 3.8) is 0 Å². The molecule has 0 aliphatic carbocycles. The van der Waals surface area contributed by atoms with Gasteiger partial charge in [0.1, 0.15) is 0 Å². The van der Waals surface area contributed by atoms with E-state index in [1.807, 2.05) is 0 Å². The Hall–Kier alpha value is -3.46. The number of carbonyl (C=O) groups excluding carboxylic acids is 2. The number of anilines is 2. The first kappa shape index (κ1) is 21.3. The number of nitrogens with zero attached hydrogens (tertiary/aromatic N) is 1. The van der Waals surface area contributed by atoms with Gasteiger partial charge in [-0.3, -0.25) is 9.78 Å². The minimum atomic E-state index is -2.51. The number of alkyl halides is 2. The molecule has 1 heterocycles. The van der Waals surface area contributed by atoms with Crippen LogP contribution in [0.15, 0.2) is 78.0 Å². The molecule has 0 aliphatic rings. The highest BCUT2D eigenvalue weighted by molar-refractivity contribution is 7.99. The molecule has 9 heteroatoms. The SMILES string of the molecule is O=C(NCc1ccncc1)Nc1cccc(NC(=O)c2ccc(SC(F)F)cc2)c1. The van der Waals surface area contributed by atoms with Crippen LogP contribution in [0.3, 0.4) is 0 Å². The maximum atomic E-state index is 12.4. The number of urea groups is 1. The Labute approximate surface area is 176 Å². The molecule has 0 saturated carbocycles. The molecule has 30 heavy (non-hydrogen) atoms. The fourth-order valence-electron chi connectivity index (χ4n) is 2.52. The maximum absolute atomic E-state index is 12.4. The highest BCUT2D eigenvalue weighted by atomic mass is 32.2. The van der Waals surface area contributed by atoms with Gasteiger partial charge in [0, 0.05) is 40.8 Å². The van der Waals surface area contributed by atoms with Crippen molar-refractivity contribution in [3.05, 3.63) is 84.2 Å². The molecule has 0 saturated heterocycles. The second-order valence-corrected chi connectivity index (χ2v) is 7.16. The number of pyridine rings is 1. The van der Waals surface area contributed by atoms with Gasteiger partial charge in [-0.1, -0.05) is 17.8 Å². The van der Waals surface area contributed by atoms with Crippen molar-refractivity contribution < 1.29 is 18.4 Å². The van der Waals surface area contributed by atoms with E-state index < -0.39 is 5.76 Å². The molecule has 3 rings (SSSR count). The van der Waals surface area contributed by atoms with Crippen LogP contribution in [0.1, 0.15) is 15.9 Å². The fourth-order valence-corrected chi connectivity index (χ4v) is 3.02. The zero-order valence-corrected chi connectivity index (χ0v) is 16.5. The minimum Gasteiger partial charge on any atom is -0.334 e. The molecular formula is C21H18F2N4O2S. The van der Waals surface area contributed by atoms with Gasteiger partial charge in [-0.25, -0.2) is 4.79 Å². The molecule has 154 valence electrons. The smallest absolute Gasteiger partial charge is 0.319 e. The highest BCUT2D eigenvalue weighted by Gasteiger charge is 2.10. The van der Waals surface area contributed by atoms with Crippen molar-refractivity contribution in [2.45, 2.75) is 17.2 Å². The summed E-state index contributed by atoms with van der Waals surface area (Å²) in [5.74, 6) is -2.90. The van der Waals surface area contributed by atoms with E-state index in [1.165, 1.54) is 24.3 Å². The van der Waals surface area contributed by atoms with Crippen LogP contribution in [0.4, 0.5) is 25.0 Å². The number of thioether (sulfide) groups is 1. The number of aromatic nitrogens is 1. The summed E-state index contributed by atoms with van der Waals surface area (Å²) in [6.07, 6.45) is 3.29. The summed E-state index contributed by atoms with van der Waals surface area (Å²) in [5.41, 5.74) is 2.24. The van der Waals surface area contributed by atoms with E-state index >= 15 is 0 Å². The molecular weight excluding hydrogens is 410 g/mol. The largest absolute Gasteiger partial charge is 0.334 e. The number of halogens is 2. The second-order valence-electron chi connectivity index (χ2n) is 6.10. The lowest BCUT2D eigenvalue weighted by atomic mass is 10.2.